The lowest BCUT2D eigenvalue weighted by molar-refractivity contribution is 0.102. The van der Waals surface area contributed by atoms with Crippen molar-refractivity contribution < 1.29 is 9.18 Å². The summed E-state index contributed by atoms with van der Waals surface area (Å²) in [7, 11) is 0. The normalized spacial score (nSPS) is 11.2. The Morgan fingerprint density at radius 3 is 2.45 bits per heavy atom. The van der Waals surface area contributed by atoms with Gasteiger partial charge in [-0.05, 0) is 50.6 Å². The standard InChI is InChI=1S/C25H26FN5O2/c1-4-5-8-13-30-25(33)20-10-7-6-9-19(20)23(29-30)24(32)27-18-11-12-22(21(26)15-18)31-17(3)14-16(2)28-31/h6-7,9-12,14-15H,4-5,8,13H2,1-3H3,(H,27,32). The van der Waals surface area contributed by atoms with Crippen molar-refractivity contribution in [2.45, 2.75) is 46.6 Å². The molecule has 0 fully saturated rings. The summed E-state index contributed by atoms with van der Waals surface area (Å²) >= 11 is 0. The molecule has 8 heteroatoms. The number of amides is 1. The van der Waals surface area contributed by atoms with Crippen LogP contribution in [0.4, 0.5) is 10.1 Å². The van der Waals surface area contributed by atoms with Gasteiger partial charge >= 0.3 is 0 Å². The number of halogens is 1. The third kappa shape index (κ3) is 4.55. The molecule has 0 spiro atoms. The van der Waals surface area contributed by atoms with Gasteiger partial charge in [-0.2, -0.15) is 10.2 Å². The van der Waals surface area contributed by atoms with Crippen LogP contribution in [0.5, 0.6) is 0 Å². The Kier molecular flexibility index (Phi) is 6.35. The van der Waals surface area contributed by atoms with E-state index in [9.17, 15) is 14.0 Å². The number of aryl methyl sites for hydroxylation is 3. The molecular formula is C25H26FN5O2. The third-order valence-electron chi connectivity index (χ3n) is 5.50. The Balaban J connectivity index is 1.66. The predicted octanol–water partition coefficient (Wildman–Crippen LogP) is 4.78. The first-order valence-electron chi connectivity index (χ1n) is 11.0. The number of unbranched alkanes of at least 4 members (excludes halogenated alkanes) is 2. The zero-order valence-electron chi connectivity index (χ0n) is 18.9. The highest BCUT2D eigenvalue weighted by atomic mass is 19.1. The summed E-state index contributed by atoms with van der Waals surface area (Å²) in [6.07, 6.45) is 2.76. The molecule has 7 nitrogen and oxygen atoms in total. The minimum Gasteiger partial charge on any atom is -0.320 e. The second kappa shape index (κ2) is 9.36. The number of carbonyl (C=O) groups is 1. The van der Waals surface area contributed by atoms with Crippen LogP contribution in [0.15, 0.2) is 53.3 Å². The van der Waals surface area contributed by atoms with E-state index in [-0.39, 0.29) is 16.9 Å². The van der Waals surface area contributed by atoms with Crippen molar-refractivity contribution in [3.8, 4) is 5.69 Å². The van der Waals surface area contributed by atoms with E-state index >= 15 is 0 Å². The zero-order chi connectivity index (χ0) is 23.5. The Morgan fingerprint density at radius 1 is 1.03 bits per heavy atom. The number of fused-ring (bicyclic) bond motifs is 1. The van der Waals surface area contributed by atoms with Crippen molar-refractivity contribution in [2.24, 2.45) is 0 Å². The van der Waals surface area contributed by atoms with Crippen molar-refractivity contribution in [3.05, 3.63) is 81.8 Å². The summed E-state index contributed by atoms with van der Waals surface area (Å²) in [5, 5.41) is 12.3. The molecule has 1 amide bonds. The molecule has 0 saturated carbocycles. The maximum atomic E-state index is 14.8. The molecule has 0 aliphatic rings. The van der Waals surface area contributed by atoms with Gasteiger partial charge in [0, 0.05) is 23.3 Å². The maximum Gasteiger partial charge on any atom is 0.276 e. The number of nitrogens with one attached hydrogen (secondary N) is 1. The zero-order valence-corrected chi connectivity index (χ0v) is 18.9. The molecule has 0 saturated heterocycles. The van der Waals surface area contributed by atoms with Crippen LogP contribution in [-0.2, 0) is 6.54 Å². The van der Waals surface area contributed by atoms with Gasteiger partial charge in [-0.25, -0.2) is 13.8 Å². The molecule has 0 aliphatic heterocycles. The SMILES string of the molecule is CCCCCn1nc(C(=O)Nc2ccc(-n3nc(C)cc3C)c(F)c2)c2ccccc2c1=O. The minimum atomic E-state index is -0.513. The Morgan fingerprint density at radius 2 is 1.79 bits per heavy atom. The highest BCUT2D eigenvalue weighted by Gasteiger charge is 2.18. The van der Waals surface area contributed by atoms with E-state index in [2.05, 4.69) is 22.4 Å². The Labute approximate surface area is 190 Å². The number of rotatable bonds is 7. The molecule has 170 valence electrons. The molecule has 4 rings (SSSR count). The average molecular weight is 448 g/mol. The largest absolute Gasteiger partial charge is 0.320 e. The number of aromatic nitrogens is 4. The number of nitrogens with zero attached hydrogens (tertiary/aromatic N) is 4. The van der Waals surface area contributed by atoms with E-state index in [1.807, 2.05) is 19.9 Å². The first-order valence-corrected chi connectivity index (χ1v) is 11.0. The maximum absolute atomic E-state index is 14.8. The molecule has 0 aliphatic carbocycles. The molecule has 0 radical (unpaired) electrons. The van der Waals surface area contributed by atoms with Crippen molar-refractivity contribution in [1.29, 1.82) is 0 Å². The van der Waals surface area contributed by atoms with Gasteiger partial charge in [-0.1, -0.05) is 38.0 Å². The van der Waals surface area contributed by atoms with Crippen LogP contribution in [0.25, 0.3) is 16.5 Å². The van der Waals surface area contributed by atoms with Crippen molar-refractivity contribution in [2.75, 3.05) is 5.32 Å². The van der Waals surface area contributed by atoms with E-state index in [4.69, 9.17) is 0 Å². The summed E-state index contributed by atoms with van der Waals surface area (Å²) in [5.41, 5.74) is 2.09. The van der Waals surface area contributed by atoms with Gasteiger partial charge in [0.25, 0.3) is 11.5 Å². The first-order chi connectivity index (χ1) is 15.9. The van der Waals surface area contributed by atoms with Gasteiger partial charge in [0.05, 0.1) is 11.1 Å². The topological polar surface area (TPSA) is 81.8 Å². The molecule has 33 heavy (non-hydrogen) atoms. The molecule has 1 N–H and O–H groups in total. The van der Waals surface area contributed by atoms with Gasteiger partial charge in [0.15, 0.2) is 11.5 Å². The lowest BCUT2D eigenvalue weighted by Crippen LogP contribution is -2.27. The van der Waals surface area contributed by atoms with Gasteiger partial charge in [0.1, 0.15) is 5.69 Å². The molecule has 0 atom stereocenters. The fourth-order valence-corrected chi connectivity index (χ4v) is 3.89. The van der Waals surface area contributed by atoms with Gasteiger partial charge in [-0.15, -0.1) is 0 Å². The van der Waals surface area contributed by atoms with Crippen LogP contribution in [0.1, 0.15) is 48.1 Å². The van der Waals surface area contributed by atoms with Gasteiger partial charge in [0.2, 0.25) is 0 Å². The lowest BCUT2D eigenvalue weighted by atomic mass is 10.1. The van der Waals surface area contributed by atoms with Crippen LogP contribution >= 0.6 is 0 Å². The summed E-state index contributed by atoms with van der Waals surface area (Å²) in [6.45, 7) is 6.20. The fourth-order valence-electron chi connectivity index (χ4n) is 3.89. The van der Waals surface area contributed by atoms with Crippen molar-refractivity contribution >= 4 is 22.4 Å². The molecule has 4 aromatic rings. The number of carbonyl (C=O) groups excluding carboxylic acids is 1. The predicted molar refractivity (Wildman–Crippen MR) is 126 cm³/mol. The van der Waals surface area contributed by atoms with Gasteiger partial charge in [-0.3, -0.25) is 9.59 Å². The fraction of sp³-hybridized carbons (Fsp3) is 0.280. The molecule has 2 aromatic carbocycles. The molecule has 0 bridgehead atoms. The van der Waals surface area contributed by atoms with Crippen molar-refractivity contribution in [3.63, 3.8) is 0 Å². The Hall–Kier alpha value is -3.81. The third-order valence-corrected chi connectivity index (χ3v) is 5.50. The first kappa shape index (κ1) is 22.4. The van der Waals surface area contributed by atoms with Gasteiger partial charge < -0.3 is 5.32 Å². The van der Waals surface area contributed by atoms with Crippen LogP contribution in [0, 0.1) is 19.7 Å². The van der Waals surface area contributed by atoms with E-state index in [0.29, 0.717) is 23.0 Å². The second-order valence-corrected chi connectivity index (χ2v) is 8.09. The molecule has 2 heterocycles. The van der Waals surface area contributed by atoms with Crippen LogP contribution in [0.2, 0.25) is 0 Å². The second-order valence-electron chi connectivity index (χ2n) is 8.09. The minimum absolute atomic E-state index is 0.129. The number of anilines is 1. The monoisotopic (exact) mass is 447 g/mol. The van der Waals surface area contributed by atoms with Crippen molar-refractivity contribution in [1.82, 2.24) is 19.6 Å². The highest BCUT2D eigenvalue weighted by molar-refractivity contribution is 6.11. The summed E-state index contributed by atoms with van der Waals surface area (Å²) < 4.78 is 17.7. The van der Waals surface area contributed by atoms with Crippen LogP contribution < -0.4 is 10.9 Å². The summed E-state index contributed by atoms with van der Waals surface area (Å²) in [4.78, 5) is 25.9. The number of benzene rings is 2. The van der Waals surface area contributed by atoms with Crippen LogP contribution in [0.3, 0.4) is 0 Å². The van der Waals surface area contributed by atoms with E-state index < -0.39 is 11.7 Å². The number of hydrogen-bond donors (Lipinski definition) is 1. The van der Waals surface area contributed by atoms with E-state index in [1.165, 1.54) is 15.4 Å². The highest BCUT2D eigenvalue weighted by Crippen LogP contribution is 2.21. The summed E-state index contributed by atoms with van der Waals surface area (Å²) in [5.74, 6) is -1.02. The quantitative estimate of drug-likeness (QED) is 0.413. The Bertz CT molecular complexity index is 1390. The lowest BCUT2D eigenvalue weighted by Gasteiger charge is -2.12. The smallest absolute Gasteiger partial charge is 0.276 e. The summed E-state index contributed by atoms with van der Waals surface area (Å²) in [6, 6.07) is 13.2. The van der Waals surface area contributed by atoms with Crippen LogP contribution in [-0.4, -0.2) is 25.5 Å². The molecular weight excluding hydrogens is 421 g/mol. The average Bonchev–Trinajstić information content (AvgIpc) is 3.13. The molecule has 2 aromatic heterocycles. The van der Waals surface area contributed by atoms with E-state index in [0.717, 1.165) is 30.7 Å². The number of hydrogen-bond acceptors (Lipinski definition) is 4. The van der Waals surface area contributed by atoms with E-state index in [1.54, 1.807) is 36.4 Å². The molecule has 0 unspecified atom stereocenters.